The Kier molecular flexibility index (Phi) is 2.95. The van der Waals surface area contributed by atoms with Crippen LogP contribution >= 0.6 is 0 Å². The van der Waals surface area contributed by atoms with E-state index in [-0.39, 0.29) is 5.56 Å². The van der Waals surface area contributed by atoms with Crippen molar-refractivity contribution in [1.82, 2.24) is 0 Å². The zero-order chi connectivity index (χ0) is 12.5. The molecular formula is C11H9F2NO2. The molecule has 1 rings (SSSR count). The van der Waals surface area contributed by atoms with E-state index < -0.39 is 27.7 Å². The molecule has 0 fully saturated rings. The Labute approximate surface area is 91.2 Å². The first-order valence-electron chi connectivity index (χ1n) is 4.41. The summed E-state index contributed by atoms with van der Waals surface area (Å²) >= 11 is 0. The molecule has 0 radical (unpaired) electrons. The fourth-order valence-electron chi connectivity index (χ4n) is 1.27. The Balaban J connectivity index is 3.56. The van der Waals surface area contributed by atoms with Crippen LogP contribution in [0.5, 0.6) is 0 Å². The third-order valence-corrected chi connectivity index (χ3v) is 2.27. The van der Waals surface area contributed by atoms with Gasteiger partial charge in [-0.3, -0.25) is 10.1 Å². The van der Waals surface area contributed by atoms with Gasteiger partial charge in [-0.2, -0.15) is 0 Å². The highest BCUT2D eigenvalue weighted by Crippen LogP contribution is 2.32. The molecule has 0 aliphatic carbocycles. The Morgan fingerprint density at radius 3 is 2.31 bits per heavy atom. The number of halogens is 2. The molecule has 0 bridgehead atoms. The summed E-state index contributed by atoms with van der Waals surface area (Å²) in [5, 5.41) is 10.7. The third-order valence-electron chi connectivity index (χ3n) is 2.27. The lowest BCUT2D eigenvalue weighted by Crippen LogP contribution is -2.17. The first kappa shape index (κ1) is 12.1. The molecule has 0 N–H and O–H groups in total. The maximum atomic E-state index is 13.0. The Bertz CT molecular complexity index is 489. The van der Waals surface area contributed by atoms with Gasteiger partial charge in [-0.15, -0.1) is 6.42 Å². The zero-order valence-electron chi connectivity index (χ0n) is 8.75. The first-order valence-corrected chi connectivity index (χ1v) is 4.41. The smallest absolute Gasteiger partial charge is 0.258 e. The zero-order valence-corrected chi connectivity index (χ0v) is 8.75. The van der Waals surface area contributed by atoms with Crippen LogP contribution in [0.1, 0.15) is 19.4 Å². The van der Waals surface area contributed by atoms with Crippen molar-refractivity contribution >= 4 is 5.69 Å². The highest BCUT2D eigenvalue weighted by atomic mass is 19.2. The number of benzene rings is 1. The van der Waals surface area contributed by atoms with Crippen molar-refractivity contribution in [1.29, 1.82) is 0 Å². The fraction of sp³-hybridized carbons (Fsp3) is 0.273. The van der Waals surface area contributed by atoms with E-state index in [0.29, 0.717) is 6.07 Å². The SMILES string of the molecule is C#CC(C)(C)c1cc(F)c(F)cc1[N+](=O)[O-]. The quantitative estimate of drug-likeness (QED) is 0.441. The van der Waals surface area contributed by atoms with Gasteiger partial charge in [0, 0.05) is 0 Å². The maximum absolute atomic E-state index is 13.0. The number of terminal acetylenes is 1. The van der Waals surface area contributed by atoms with Crippen molar-refractivity contribution in [2.45, 2.75) is 19.3 Å². The lowest BCUT2D eigenvalue weighted by molar-refractivity contribution is -0.386. The molecule has 0 amide bonds. The third kappa shape index (κ3) is 2.01. The molecule has 84 valence electrons. The molecule has 0 unspecified atom stereocenters. The standard InChI is InChI=1S/C11H9F2NO2/c1-4-11(2,3)7-5-8(12)9(13)6-10(7)14(15)16/h1,5-6H,2-3H3. The number of nitro groups is 1. The second-order valence-electron chi connectivity index (χ2n) is 3.81. The molecule has 0 saturated carbocycles. The van der Waals surface area contributed by atoms with Gasteiger partial charge in [-0.05, 0) is 19.9 Å². The molecule has 1 aromatic rings. The van der Waals surface area contributed by atoms with E-state index in [4.69, 9.17) is 6.42 Å². The monoisotopic (exact) mass is 225 g/mol. The van der Waals surface area contributed by atoms with Gasteiger partial charge < -0.3 is 0 Å². The molecule has 0 heterocycles. The summed E-state index contributed by atoms with van der Waals surface area (Å²) in [4.78, 5) is 9.91. The summed E-state index contributed by atoms with van der Waals surface area (Å²) in [5.74, 6) is -0.104. The molecule has 0 aromatic heterocycles. The molecule has 0 aliphatic rings. The van der Waals surface area contributed by atoms with Crippen LogP contribution in [0.4, 0.5) is 14.5 Å². The highest BCUT2D eigenvalue weighted by molar-refractivity contribution is 5.48. The van der Waals surface area contributed by atoms with Crippen LogP contribution in [0.25, 0.3) is 0 Å². The van der Waals surface area contributed by atoms with Gasteiger partial charge in [0.15, 0.2) is 11.6 Å². The average Bonchev–Trinajstić information content (AvgIpc) is 2.21. The normalized spacial score (nSPS) is 10.9. The molecule has 16 heavy (non-hydrogen) atoms. The predicted octanol–water partition coefficient (Wildman–Crippen LogP) is 2.78. The van der Waals surface area contributed by atoms with Crippen LogP contribution in [0.2, 0.25) is 0 Å². The van der Waals surface area contributed by atoms with Crippen molar-refractivity contribution in [2.24, 2.45) is 0 Å². The predicted molar refractivity (Wildman–Crippen MR) is 54.9 cm³/mol. The number of nitro benzene ring substituents is 1. The van der Waals surface area contributed by atoms with Gasteiger partial charge in [0.25, 0.3) is 5.69 Å². The molecule has 3 nitrogen and oxygen atoms in total. The molecule has 0 aliphatic heterocycles. The fourth-order valence-corrected chi connectivity index (χ4v) is 1.27. The van der Waals surface area contributed by atoms with Crippen LogP contribution in [0.15, 0.2) is 12.1 Å². The minimum Gasteiger partial charge on any atom is -0.258 e. The molecule has 5 heteroatoms. The van der Waals surface area contributed by atoms with Crippen molar-refractivity contribution in [3.8, 4) is 12.3 Å². The van der Waals surface area contributed by atoms with Crippen molar-refractivity contribution < 1.29 is 13.7 Å². The average molecular weight is 225 g/mol. The summed E-state index contributed by atoms with van der Waals surface area (Å²) in [5.41, 5.74) is -1.56. The van der Waals surface area contributed by atoms with Crippen LogP contribution < -0.4 is 0 Å². The largest absolute Gasteiger partial charge is 0.277 e. The minimum absolute atomic E-state index is 0.0149. The second kappa shape index (κ2) is 3.89. The lowest BCUT2D eigenvalue weighted by Gasteiger charge is -2.17. The summed E-state index contributed by atoms with van der Waals surface area (Å²) < 4.78 is 25.9. The molecule has 0 atom stereocenters. The minimum atomic E-state index is -1.26. The van der Waals surface area contributed by atoms with E-state index in [1.54, 1.807) is 0 Å². The highest BCUT2D eigenvalue weighted by Gasteiger charge is 2.29. The first-order chi connectivity index (χ1) is 7.29. The van der Waals surface area contributed by atoms with Crippen molar-refractivity contribution in [3.63, 3.8) is 0 Å². The summed E-state index contributed by atoms with van der Waals surface area (Å²) in [6, 6.07) is 1.32. The lowest BCUT2D eigenvalue weighted by atomic mass is 9.84. The van der Waals surface area contributed by atoms with Crippen LogP contribution in [0, 0.1) is 34.1 Å². The van der Waals surface area contributed by atoms with E-state index in [9.17, 15) is 18.9 Å². The van der Waals surface area contributed by atoms with E-state index in [2.05, 4.69) is 5.92 Å². The number of hydrogen-bond acceptors (Lipinski definition) is 2. The topological polar surface area (TPSA) is 43.1 Å². The number of nitrogens with zero attached hydrogens (tertiary/aromatic N) is 1. The molecule has 1 aromatic carbocycles. The summed E-state index contributed by atoms with van der Waals surface area (Å²) in [6.45, 7) is 3.04. The van der Waals surface area contributed by atoms with E-state index >= 15 is 0 Å². The number of hydrogen-bond donors (Lipinski definition) is 0. The van der Waals surface area contributed by atoms with Gasteiger partial charge in [0.2, 0.25) is 0 Å². The number of rotatable bonds is 2. The van der Waals surface area contributed by atoms with Gasteiger partial charge in [-0.1, -0.05) is 5.92 Å². The molecular weight excluding hydrogens is 216 g/mol. The van der Waals surface area contributed by atoms with Gasteiger partial charge in [0.05, 0.1) is 22.0 Å². The van der Waals surface area contributed by atoms with Crippen molar-refractivity contribution in [3.05, 3.63) is 39.4 Å². The summed E-state index contributed by atoms with van der Waals surface area (Å²) in [6.07, 6.45) is 5.21. The van der Waals surface area contributed by atoms with Crippen LogP contribution in [-0.4, -0.2) is 4.92 Å². The summed E-state index contributed by atoms with van der Waals surface area (Å²) in [7, 11) is 0. The van der Waals surface area contributed by atoms with Crippen LogP contribution in [-0.2, 0) is 5.41 Å². The van der Waals surface area contributed by atoms with Crippen molar-refractivity contribution in [2.75, 3.05) is 0 Å². The van der Waals surface area contributed by atoms with E-state index in [1.807, 2.05) is 0 Å². The van der Waals surface area contributed by atoms with E-state index in [0.717, 1.165) is 6.07 Å². The van der Waals surface area contributed by atoms with E-state index in [1.165, 1.54) is 13.8 Å². The molecule has 0 spiro atoms. The second-order valence-corrected chi connectivity index (χ2v) is 3.81. The Morgan fingerprint density at radius 1 is 1.38 bits per heavy atom. The van der Waals surface area contributed by atoms with Gasteiger partial charge in [0.1, 0.15) is 0 Å². The van der Waals surface area contributed by atoms with Crippen LogP contribution in [0.3, 0.4) is 0 Å². The van der Waals surface area contributed by atoms with Gasteiger partial charge in [-0.25, -0.2) is 8.78 Å². The maximum Gasteiger partial charge on any atom is 0.277 e. The van der Waals surface area contributed by atoms with Gasteiger partial charge >= 0.3 is 0 Å². The Morgan fingerprint density at radius 2 is 1.88 bits per heavy atom. The molecule has 0 saturated heterocycles. The Hall–Kier alpha value is -1.96.